The third-order valence-corrected chi connectivity index (χ3v) is 6.31. The summed E-state index contributed by atoms with van der Waals surface area (Å²) in [6.45, 7) is 12.4. The Kier molecular flexibility index (Phi) is 8.47. The number of ether oxygens (including phenoxy) is 1. The van der Waals surface area contributed by atoms with Gasteiger partial charge in [-0.25, -0.2) is 10.2 Å². The minimum atomic E-state index is -1.88. The lowest BCUT2D eigenvalue weighted by Gasteiger charge is -2.35. The first-order chi connectivity index (χ1) is 16.5. The fraction of sp³-hybridized carbons (Fsp3) is 0.423. The lowest BCUT2D eigenvalue weighted by Crippen LogP contribution is -2.44. The zero-order valence-corrected chi connectivity index (χ0v) is 21.9. The van der Waals surface area contributed by atoms with Crippen molar-refractivity contribution in [3.63, 3.8) is 0 Å². The highest BCUT2D eigenvalue weighted by atomic mass is 31.0. The van der Waals surface area contributed by atoms with E-state index in [1.165, 1.54) is 6.07 Å². The molecule has 3 rings (SSSR count). The predicted octanol–water partition coefficient (Wildman–Crippen LogP) is 6.50. The van der Waals surface area contributed by atoms with Crippen molar-refractivity contribution in [2.75, 3.05) is 9.68 Å². The molecule has 186 valence electrons. The van der Waals surface area contributed by atoms with Crippen molar-refractivity contribution < 1.29 is 13.9 Å². The van der Waals surface area contributed by atoms with Crippen LogP contribution >= 0.6 is 9.39 Å². The summed E-state index contributed by atoms with van der Waals surface area (Å²) < 4.78 is 19.6. The maximum Gasteiger partial charge on any atom is 0.500 e. The average molecular weight is 498 g/mol. The van der Waals surface area contributed by atoms with E-state index in [2.05, 4.69) is 58.1 Å². The maximum atomic E-state index is 13.0. The van der Waals surface area contributed by atoms with Crippen LogP contribution in [0, 0.1) is 11.3 Å². The van der Waals surface area contributed by atoms with E-state index in [0.717, 1.165) is 36.9 Å². The molecule has 0 aliphatic heterocycles. The van der Waals surface area contributed by atoms with Gasteiger partial charge in [0, 0.05) is 23.3 Å². The average Bonchev–Trinajstić information content (AvgIpc) is 3.32. The Balaban J connectivity index is 2.02. The molecule has 0 bridgehead atoms. The number of benzene rings is 1. The van der Waals surface area contributed by atoms with Crippen molar-refractivity contribution in [2.24, 2.45) is 0 Å². The molecule has 1 aromatic heterocycles. The fourth-order valence-corrected chi connectivity index (χ4v) is 4.84. The molecule has 0 amide bonds. The summed E-state index contributed by atoms with van der Waals surface area (Å²) in [4.78, 5) is 17.7. The first-order valence-electron chi connectivity index (χ1n) is 11.7. The SMILES string of the molecule is C=C(c1ccc(N(P)NC(C)(C)C)cn1)N(c1cc(OC(=O)F)ccc1C(C)C#N)C1CCCC1. The van der Waals surface area contributed by atoms with Gasteiger partial charge in [0.1, 0.15) is 5.75 Å². The van der Waals surface area contributed by atoms with E-state index in [1.54, 1.807) is 25.3 Å². The van der Waals surface area contributed by atoms with Gasteiger partial charge < -0.3 is 9.64 Å². The maximum absolute atomic E-state index is 13.0. The van der Waals surface area contributed by atoms with Crippen LogP contribution in [0.5, 0.6) is 5.75 Å². The van der Waals surface area contributed by atoms with E-state index >= 15 is 0 Å². The fourth-order valence-electron chi connectivity index (χ4n) is 4.30. The molecule has 1 heterocycles. The molecule has 2 atom stereocenters. The topological polar surface area (TPSA) is 81.5 Å². The molecule has 2 unspecified atom stereocenters. The van der Waals surface area contributed by atoms with Crippen LogP contribution in [0.2, 0.25) is 0 Å². The summed E-state index contributed by atoms with van der Waals surface area (Å²) in [5, 5.41) is 9.63. The smallest absolute Gasteiger partial charge is 0.401 e. The number of halogens is 1. The van der Waals surface area contributed by atoms with Crippen LogP contribution in [0.1, 0.15) is 70.6 Å². The molecule has 0 saturated heterocycles. The number of nitrogens with zero attached hydrogens (tertiary/aromatic N) is 4. The number of nitrogens with one attached hydrogen (secondary N) is 1. The van der Waals surface area contributed by atoms with E-state index in [1.807, 2.05) is 16.9 Å². The van der Waals surface area contributed by atoms with Crippen LogP contribution in [-0.4, -0.2) is 22.8 Å². The van der Waals surface area contributed by atoms with Gasteiger partial charge in [0.05, 0.1) is 35.3 Å². The van der Waals surface area contributed by atoms with Crippen LogP contribution in [0.15, 0.2) is 43.1 Å². The van der Waals surface area contributed by atoms with Crippen LogP contribution in [-0.2, 0) is 0 Å². The summed E-state index contributed by atoms with van der Waals surface area (Å²) in [5.74, 6) is -0.353. The molecular weight excluding hydrogens is 464 g/mol. The molecule has 1 N–H and O–H groups in total. The Hall–Kier alpha value is -3.01. The van der Waals surface area contributed by atoms with Crippen molar-refractivity contribution in [3.8, 4) is 11.8 Å². The zero-order valence-electron chi connectivity index (χ0n) is 20.7. The quantitative estimate of drug-likeness (QED) is 0.253. The minimum Gasteiger partial charge on any atom is -0.401 e. The van der Waals surface area contributed by atoms with E-state index in [0.29, 0.717) is 17.1 Å². The van der Waals surface area contributed by atoms with Gasteiger partial charge in [-0.3, -0.25) is 9.76 Å². The summed E-state index contributed by atoms with van der Waals surface area (Å²) in [5.41, 5.74) is 6.86. The van der Waals surface area contributed by atoms with E-state index in [4.69, 9.17) is 4.74 Å². The Bertz CT molecular complexity index is 1100. The van der Waals surface area contributed by atoms with Gasteiger partial charge in [0.25, 0.3) is 0 Å². The number of carbonyl (C=O) groups excluding carboxylic acids is 1. The largest absolute Gasteiger partial charge is 0.500 e. The summed E-state index contributed by atoms with van der Waals surface area (Å²) in [6.07, 6.45) is 3.91. The van der Waals surface area contributed by atoms with Gasteiger partial charge in [0.15, 0.2) is 0 Å². The Morgan fingerprint density at radius 2 is 2.00 bits per heavy atom. The second kappa shape index (κ2) is 11.2. The van der Waals surface area contributed by atoms with Crippen LogP contribution in [0.4, 0.5) is 20.6 Å². The predicted molar refractivity (Wildman–Crippen MR) is 141 cm³/mol. The Morgan fingerprint density at radius 3 is 2.54 bits per heavy atom. The molecule has 1 aliphatic rings. The monoisotopic (exact) mass is 497 g/mol. The van der Waals surface area contributed by atoms with E-state index < -0.39 is 12.1 Å². The molecule has 1 fully saturated rings. The van der Waals surface area contributed by atoms with Crippen molar-refractivity contribution in [1.82, 2.24) is 10.4 Å². The second-order valence-corrected chi connectivity index (χ2v) is 10.3. The first-order valence-corrected chi connectivity index (χ1v) is 12.2. The number of carbonyl (C=O) groups is 1. The third kappa shape index (κ3) is 6.78. The van der Waals surface area contributed by atoms with Crippen molar-refractivity contribution in [3.05, 3.63) is 54.4 Å². The highest BCUT2D eigenvalue weighted by molar-refractivity contribution is 7.18. The summed E-state index contributed by atoms with van der Waals surface area (Å²) in [7, 11) is 2.64. The van der Waals surface area contributed by atoms with Crippen molar-refractivity contribution >= 4 is 32.7 Å². The van der Waals surface area contributed by atoms with E-state index in [-0.39, 0.29) is 17.3 Å². The van der Waals surface area contributed by atoms with Crippen LogP contribution in [0.25, 0.3) is 5.70 Å². The standard InChI is InChI=1S/C26H33FN5O2P/c1-17(15-28)22-12-11-21(34-25(27)33)14-24(22)31(19-8-6-7-9-19)18(2)23-13-10-20(16-29-23)32(35)30-26(3,4)5/h10-14,16-17,19,30H,2,6-9,35H2,1,3-5H3. The highest BCUT2D eigenvalue weighted by Gasteiger charge is 2.29. The van der Waals surface area contributed by atoms with Crippen LogP contribution in [0.3, 0.4) is 0 Å². The molecule has 1 aromatic carbocycles. The normalized spacial score (nSPS) is 14.8. The lowest BCUT2D eigenvalue weighted by atomic mass is 9.97. The number of nitriles is 1. The van der Waals surface area contributed by atoms with Crippen molar-refractivity contribution in [1.29, 1.82) is 5.26 Å². The number of hydrazine groups is 1. The van der Waals surface area contributed by atoms with E-state index in [9.17, 15) is 14.4 Å². The zero-order chi connectivity index (χ0) is 25.8. The number of aromatic nitrogens is 1. The molecular formula is C26H33FN5O2P. The first kappa shape index (κ1) is 26.6. The number of pyridine rings is 1. The molecule has 0 radical (unpaired) electrons. The molecule has 2 aromatic rings. The van der Waals surface area contributed by atoms with Gasteiger partial charge in [-0.05, 0) is 73.7 Å². The minimum absolute atomic E-state index is 0.0763. The third-order valence-electron chi connectivity index (χ3n) is 5.88. The Labute approximate surface area is 209 Å². The second-order valence-electron chi connectivity index (χ2n) is 9.80. The summed E-state index contributed by atoms with van der Waals surface area (Å²) >= 11 is 0. The molecule has 35 heavy (non-hydrogen) atoms. The van der Waals surface area contributed by atoms with Gasteiger partial charge in [-0.1, -0.05) is 25.5 Å². The molecule has 1 saturated carbocycles. The van der Waals surface area contributed by atoms with Crippen molar-refractivity contribution in [2.45, 2.75) is 70.9 Å². The van der Waals surface area contributed by atoms with Gasteiger partial charge in [-0.2, -0.15) is 5.26 Å². The number of rotatable bonds is 8. The molecule has 1 aliphatic carbocycles. The van der Waals surface area contributed by atoms with Gasteiger partial charge in [0.2, 0.25) is 0 Å². The number of hydrogen-bond acceptors (Lipinski definition) is 7. The Morgan fingerprint density at radius 1 is 1.31 bits per heavy atom. The number of anilines is 2. The molecule has 7 nitrogen and oxygen atoms in total. The molecule has 9 heteroatoms. The van der Waals surface area contributed by atoms with Gasteiger partial charge in [-0.15, -0.1) is 4.39 Å². The molecule has 0 spiro atoms. The summed E-state index contributed by atoms with van der Waals surface area (Å²) in [6, 6.07) is 11.1. The highest BCUT2D eigenvalue weighted by Crippen LogP contribution is 2.40. The lowest BCUT2D eigenvalue weighted by molar-refractivity contribution is 0.175. The van der Waals surface area contributed by atoms with Gasteiger partial charge >= 0.3 is 6.22 Å². The van der Waals surface area contributed by atoms with Crippen LogP contribution < -0.4 is 19.8 Å². The number of hydrogen-bond donors (Lipinski definition) is 1.